The summed E-state index contributed by atoms with van der Waals surface area (Å²) in [4.78, 5) is 31.0. The highest BCUT2D eigenvalue weighted by Gasteiger charge is 2.24. The largest absolute Gasteiger partial charge is 0.479 e. The number of aromatic nitrogens is 4. The van der Waals surface area contributed by atoms with Gasteiger partial charge in [0, 0.05) is 5.75 Å². The number of thioether (sulfide) groups is 1. The minimum Gasteiger partial charge on any atom is -0.479 e. The van der Waals surface area contributed by atoms with Gasteiger partial charge >= 0.3 is 12.0 Å². The van der Waals surface area contributed by atoms with Crippen LogP contribution in [0.5, 0.6) is 17.5 Å². The summed E-state index contributed by atoms with van der Waals surface area (Å²) in [5.74, 6) is 0.393. The molecule has 4 aromatic carbocycles. The van der Waals surface area contributed by atoms with Gasteiger partial charge in [-0.1, -0.05) is 60.3 Å². The Bertz CT molecular complexity index is 2000. The molecule has 0 aliphatic carbocycles. The maximum Gasteiger partial charge on any atom is 0.346 e. The standard InChI is InChI=1S/C34H27FN4O5S/c1-22(33(41)42-2)43-27-17-19-28(20-18-27)44-34-36-30-29(32(40)38(34)25-15-13-24(35)14-16-25)31(45-21-23-9-5-3-6-10-23)37-39(30)26-11-7-4-8-12-26/h3-20,22H,21H2,1-2H3. The first kappa shape index (κ1) is 29.6. The number of nitrogens with zero attached hydrogens (tertiary/aromatic N) is 4. The van der Waals surface area contributed by atoms with Crippen molar-refractivity contribution >= 4 is 28.8 Å². The van der Waals surface area contributed by atoms with Gasteiger partial charge in [0.1, 0.15) is 27.7 Å². The van der Waals surface area contributed by atoms with Crippen LogP contribution in [0.15, 0.2) is 119 Å². The number of fused-ring (bicyclic) bond motifs is 1. The normalized spacial score (nSPS) is 11.7. The van der Waals surface area contributed by atoms with Crippen LogP contribution in [-0.4, -0.2) is 38.5 Å². The molecular formula is C34H27FN4O5S. The van der Waals surface area contributed by atoms with Gasteiger partial charge < -0.3 is 14.2 Å². The van der Waals surface area contributed by atoms with Crippen molar-refractivity contribution in [2.75, 3.05) is 7.11 Å². The lowest BCUT2D eigenvalue weighted by Gasteiger charge is -2.15. The maximum atomic E-state index is 14.4. The molecule has 0 bridgehead atoms. The monoisotopic (exact) mass is 622 g/mol. The molecule has 0 radical (unpaired) electrons. The van der Waals surface area contributed by atoms with Crippen molar-refractivity contribution in [3.8, 4) is 28.9 Å². The van der Waals surface area contributed by atoms with E-state index in [2.05, 4.69) is 0 Å². The van der Waals surface area contributed by atoms with Gasteiger partial charge in [-0.2, -0.15) is 10.1 Å². The summed E-state index contributed by atoms with van der Waals surface area (Å²) in [6.45, 7) is 1.58. The number of benzene rings is 4. The molecule has 0 fully saturated rings. The Balaban J connectivity index is 1.47. The number of ether oxygens (including phenoxy) is 3. The number of rotatable bonds is 10. The third-order valence-electron chi connectivity index (χ3n) is 6.82. The summed E-state index contributed by atoms with van der Waals surface area (Å²) in [6.07, 6.45) is -0.804. The van der Waals surface area contributed by atoms with Gasteiger partial charge in [-0.3, -0.25) is 4.79 Å². The topological polar surface area (TPSA) is 97.5 Å². The minimum atomic E-state index is -0.804. The SMILES string of the molecule is COC(=O)C(C)Oc1ccc(Oc2nc3c(c(SCc4ccccc4)nn3-c3ccccc3)c(=O)n2-c2ccc(F)cc2)cc1. The predicted octanol–water partition coefficient (Wildman–Crippen LogP) is 6.74. The number of carbonyl (C=O) groups excluding carboxylic acids is 1. The molecule has 0 saturated heterocycles. The van der Waals surface area contributed by atoms with Gasteiger partial charge in [0.2, 0.25) is 0 Å². The quantitative estimate of drug-likeness (QED) is 0.123. The van der Waals surface area contributed by atoms with Gasteiger partial charge in [0.05, 0.1) is 18.5 Å². The van der Waals surface area contributed by atoms with Gasteiger partial charge in [-0.25, -0.2) is 18.4 Å². The highest BCUT2D eigenvalue weighted by molar-refractivity contribution is 7.98. The average molecular weight is 623 g/mol. The molecule has 6 aromatic rings. The zero-order valence-corrected chi connectivity index (χ0v) is 25.1. The van der Waals surface area contributed by atoms with Crippen molar-refractivity contribution in [2.24, 2.45) is 0 Å². The van der Waals surface area contributed by atoms with Crippen LogP contribution >= 0.6 is 11.8 Å². The molecular weight excluding hydrogens is 595 g/mol. The van der Waals surface area contributed by atoms with Crippen molar-refractivity contribution in [2.45, 2.75) is 23.8 Å². The molecule has 0 saturated carbocycles. The number of methoxy groups -OCH3 is 1. The van der Waals surface area contributed by atoms with Crippen LogP contribution in [0.4, 0.5) is 4.39 Å². The van der Waals surface area contributed by atoms with Crippen LogP contribution in [0, 0.1) is 5.82 Å². The number of para-hydroxylation sites is 1. The maximum absolute atomic E-state index is 14.4. The lowest BCUT2D eigenvalue weighted by molar-refractivity contribution is -0.147. The van der Waals surface area contributed by atoms with E-state index in [1.54, 1.807) is 35.9 Å². The average Bonchev–Trinajstić information content (AvgIpc) is 3.44. The van der Waals surface area contributed by atoms with Crippen LogP contribution < -0.4 is 15.0 Å². The number of hydrogen-bond donors (Lipinski definition) is 0. The van der Waals surface area contributed by atoms with Crippen molar-refractivity contribution in [1.29, 1.82) is 0 Å². The lowest BCUT2D eigenvalue weighted by Crippen LogP contribution is -2.24. The third-order valence-corrected chi connectivity index (χ3v) is 7.86. The van der Waals surface area contributed by atoms with Crippen LogP contribution in [0.3, 0.4) is 0 Å². The highest BCUT2D eigenvalue weighted by Crippen LogP contribution is 2.32. The Morgan fingerprint density at radius 1 is 0.867 bits per heavy atom. The van der Waals surface area contributed by atoms with E-state index in [0.29, 0.717) is 44.7 Å². The molecule has 0 N–H and O–H groups in total. The molecule has 45 heavy (non-hydrogen) atoms. The smallest absolute Gasteiger partial charge is 0.346 e. The summed E-state index contributed by atoms with van der Waals surface area (Å²) < 4.78 is 33.4. The van der Waals surface area contributed by atoms with E-state index in [0.717, 1.165) is 5.56 Å². The Morgan fingerprint density at radius 3 is 2.18 bits per heavy atom. The van der Waals surface area contributed by atoms with Gasteiger partial charge in [-0.15, -0.1) is 0 Å². The van der Waals surface area contributed by atoms with E-state index >= 15 is 0 Å². The minimum absolute atomic E-state index is 0.0487. The molecule has 11 heteroatoms. The molecule has 1 unspecified atom stereocenters. The van der Waals surface area contributed by atoms with Crippen molar-refractivity contribution in [1.82, 2.24) is 19.3 Å². The van der Waals surface area contributed by atoms with E-state index in [4.69, 9.17) is 24.3 Å². The molecule has 9 nitrogen and oxygen atoms in total. The molecule has 226 valence electrons. The first-order valence-corrected chi connectivity index (χ1v) is 15.0. The molecule has 6 rings (SSSR count). The predicted molar refractivity (Wildman–Crippen MR) is 169 cm³/mol. The Kier molecular flexibility index (Phi) is 8.61. The zero-order chi connectivity index (χ0) is 31.3. The summed E-state index contributed by atoms with van der Waals surface area (Å²) in [5.41, 5.74) is 2.04. The molecule has 0 spiro atoms. The fraction of sp³-hybridized carbons (Fsp3) is 0.118. The fourth-order valence-electron chi connectivity index (χ4n) is 4.59. The van der Waals surface area contributed by atoms with Crippen molar-refractivity contribution < 1.29 is 23.4 Å². The third kappa shape index (κ3) is 6.43. The Hall–Kier alpha value is -5.42. The Morgan fingerprint density at radius 2 is 1.51 bits per heavy atom. The van der Waals surface area contributed by atoms with Crippen molar-refractivity contribution in [3.05, 3.63) is 131 Å². The highest BCUT2D eigenvalue weighted by atomic mass is 32.2. The van der Waals surface area contributed by atoms with E-state index < -0.39 is 23.4 Å². The Labute approximate surface area is 261 Å². The molecule has 1 atom stereocenters. The van der Waals surface area contributed by atoms with Crippen LogP contribution in [0.1, 0.15) is 12.5 Å². The van der Waals surface area contributed by atoms with Crippen LogP contribution in [0.2, 0.25) is 0 Å². The van der Waals surface area contributed by atoms with E-state index in [1.807, 2.05) is 60.7 Å². The lowest BCUT2D eigenvalue weighted by atomic mass is 10.2. The number of hydrogen-bond acceptors (Lipinski definition) is 8. The van der Waals surface area contributed by atoms with E-state index in [1.165, 1.54) is 47.7 Å². The van der Waals surface area contributed by atoms with E-state index in [-0.39, 0.29) is 6.01 Å². The van der Waals surface area contributed by atoms with Crippen molar-refractivity contribution in [3.63, 3.8) is 0 Å². The van der Waals surface area contributed by atoms with E-state index in [9.17, 15) is 14.0 Å². The molecule has 2 heterocycles. The second-order valence-corrected chi connectivity index (χ2v) is 10.9. The van der Waals surface area contributed by atoms with Gasteiger partial charge in [0.15, 0.2) is 11.8 Å². The molecule has 0 aliphatic heterocycles. The second kappa shape index (κ2) is 13.1. The molecule has 0 aliphatic rings. The summed E-state index contributed by atoms with van der Waals surface area (Å²) in [5, 5.41) is 5.63. The summed E-state index contributed by atoms with van der Waals surface area (Å²) >= 11 is 1.43. The van der Waals surface area contributed by atoms with Crippen LogP contribution in [-0.2, 0) is 15.3 Å². The first-order valence-electron chi connectivity index (χ1n) is 14.0. The zero-order valence-electron chi connectivity index (χ0n) is 24.3. The van der Waals surface area contributed by atoms with Gasteiger partial charge in [0.25, 0.3) is 5.56 Å². The number of carbonyl (C=O) groups is 1. The number of esters is 1. The summed E-state index contributed by atoms with van der Waals surface area (Å²) in [6, 6.07) is 31.2. The number of halogens is 1. The molecule has 2 aromatic heterocycles. The fourth-order valence-corrected chi connectivity index (χ4v) is 5.55. The first-order chi connectivity index (χ1) is 21.9. The van der Waals surface area contributed by atoms with Crippen LogP contribution in [0.25, 0.3) is 22.4 Å². The van der Waals surface area contributed by atoms with Gasteiger partial charge in [-0.05, 0) is 73.2 Å². The second-order valence-electron chi connectivity index (χ2n) is 9.89. The summed E-state index contributed by atoms with van der Waals surface area (Å²) in [7, 11) is 1.29. The molecule has 0 amide bonds.